The van der Waals surface area contributed by atoms with Crippen LogP contribution in [0.2, 0.25) is 0 Å². The third-order valence-corrected chi connectivity index (χ3v) is 7.98. The number of benzene rings is 2. The smallest absolute Gasteiger partial charge is 0.253 e. The summed E-state index contributed by atoms with van der Waals surface area (Å²) in [5, 5.41) is 16.8. The van der Waals surface area contributed by atoms with Crippen molar-refractivity contribution in [2.24, 2.45) is 5.92 Å². The molecule has 0 aliphatic rings. The number of methoxy groups -OCH3 is 1. The Morgan fingerprint density at radius 3 is 2.24 bits per heavy atom. The summed E-state index contributed by atoms with van der Waals surface area (Å²) in [5.74, 6) is -0.0316. The highest BCUT2D eigenvalue weighted by Gasteiger charge is 2.35. The second-order valence-corrected chi connectivity index (χ2v) is 12.3. The number of aliphatic hydroxyl groups is 1. The van der Waals surface area contributed by atoms with Gasteiger partial charge in [0.25, 0.3) is 11.8 Å². The molecule has 232 valence electrons. The van der Waals surface area contributed by atoms with Crippen LogP contribution in [0.5, 0.6) is 0 Å². The van der Waals surface area contributed by atoms with Gasteiger partial charge in [-0.2, -0.15) is 0 Å². The highest BCUT2D eigenvalue weighted by molar-refractivity contribution is 8.00. The average molecular weight is 600 g/mol. The lowest BCUT2D eigenvalue weighted by atomic mass is 9.97. The van der Waals surface area contributed by atoms with Crippen molar-refractivity contribution in [2.75, 3.05) is 39.1 Å². The second kappa shape index (κ2) is 18.6. The van der Waals surface area contributed by atoms with E-state index in [0.717, 1.165) is 24.0 Å². The van der Waals surface area contributed by atoms with E-state index < -0.39 is 23.3 Å². The standard InChI is InChI=1S/C33H49N3O5S/c1-7-14-36(15-8-2)33(40)27-19-24(5)18-26(21-27)31(38)35-28(20-25-12-10-9-11-13-25)29(37)30(42-17-16-41-6)32(39)34-22-23(3)4/h9-13,18-19,21,23,28-30,37H,7-8,14-17,20,22H2,1-6H3,(H,34,39)(H,35,38)/t28-,29+,30+/m0/s1. The summed E-state index contributed by atoms with van der Waals surface area (Å²) in [6.45, 7) is 12.1. The molecule has 42 heavy (non-hydrogen) atoms. The molecule has 0 aliphatic heterocycles. The quantitative estimate of drug-likeness (QED) is 0.218. The topological polar surface area (TPSA) is 108 Å². The van der Waals surface area contributed by atoms with E-state index >= 15 is 0 Å². The Bertz CT molecular complexity index is 1120. The lowest BCUT2D eigenvalue weighted by molar-refractivity contribution is -0.122. The number of carbonyl (C=O) groups excluding carboxylic acids is 3. The van der Waals surface area contributed by atoms with Gasteiger partial charge in [0.1, 0.15) is 5.25 Å². The first-order valence-corrected chi connectivity index (χ1v) is 16.0. The van der Waals surface area contributed by atoms with Crippen LogP contribution >= 0.6 is 11.8 Å². The maximum Gasteiger partial charge on any atom is 0.253 e. The van der Waals surface area contributed by atoms with Crippen LogP contribution in [0.25, 0.3) is 0 Å². The molecule has 0 heterocycles. The molecule has 2 rings (SSSR count). The normalized spacial score (nSPS) is 13.3. The Morgan fingerprint density at radius 1 is 1.00 bits per heavy atom. The van der Waals surface area contributed by atoms with Crippen LogP contribution in [0.3, 0.4) is 0 Å². The van der Waals surface area contributed by atoms with E-state index in [-0.39, 0.29) is 17.7 Å². The fraction of sp³-hybridized carbons (Fsp3) is 0.545. The molecule has 8 nitrogen and oxygen atoms in total. The van der Waals surface area contributed by atoms with Gasteiger partial charge in [-0.3, -0.25) is 14.4 Å². The van der Waals surface area contributed by atoms with E-state index in [0.29, 0.717) is 49.5 Å². The van der Waals surface area contributed by atoms with Crippen molar-refractivity contribution in [3.8, 4) is 0 Å². The fourth-order valence-corrected chi connectivity index (χ4v) is 5.79. The van der Waals surface area contributed by atoms with Gasteiger partial charge in [-0.1, -0.05) is 58.0 Å². The minimum absolute atomic E-state index is 0.103. The Morgan fingerprint density at radius 2 is 1.64 bits per heavy atom. The number of nitrogens with zero attached hydrogens (tertiary/aromatic N) is 1. The number of thioether (sulfide) groups is 1. The SMILES string of the molecule is CCCN(CCC)C(=O)c1cc(C)cc(C(=O)N[C@@H](Cc2ccccc2)[C@@H](O)[C@@H](SCCOC)C(=O)NCC(C)C)c1. The van der Waals surface area contributed by atoms with Gasteiger partial charge in [0.2, 0.25) is 5.91 Å². The predicted octanol–water partition coefficient (Wildman–Crippen LogP) is 4.48. The molecular weight excluding hydrogens is 550 g/mol. The number of amides is 3. The highest BCUT2D eigenvalue weighted by atomic mass is 32.2. The van der Waals surface area contributed by atoms with Crippen LogP contribution < -0.4 is 10.6 Å². The molecule has 0 saturated carbocycles. The van der Waals surface area contributed by atoms with Crippen molar-refractivity contribution in [1.29, 1.82) is 0 Å². The highest BCUT2D eigenvalue weighted by Crippen LogP contribution is 2.21. The molecule has 0 bridgehead atoms. The number of nitrogens with one attached hydrogen (secondary N) is 2. The molecule has 0 aromatic heterocycles. The summed E-state index contributed by atoms with van der Waals surface area (Å²) in [7, 11) is 1.59. The molecular formula is C33H49N3O5S. The Labute approximate surface area is 256 Å². The van der Waals surface area contributed by atoms with Gasteiger partial charge in [-0.05, 0) is 61.4 Å². The Kier molecular flexibility index (Phi) is 15.7. The minimum Gasteiger partial charge on any atom is -0.389 e. The molecule has 0 radical (unpaired) electrons. The first kappa shape index (κ1) is 35.3. The van der Waals surface area contributed by atoms with E-state index in [1.165, 1.54) is 11.8 Å². The Balaban J connectivity index is 2.39. The molecule has 0 fully saturated rings. The van der Waals surface area contributed by atoms with Gasteiger partial charge < -0.3 is 25.4 Å². The lowest BCUT2D eigenvalue weighted by Crippen LogP contribution is -2.53. The van der Waals surface area contributed by atoms with E-state index in [9.17, 15) is 19.5 Å². The fourth-order valence-electron chi connectivity index (χ4n) is 4.66. The van der Waals surface area contributed by atoms with Crippen LogP contribution in [0, 0.1) is 12.8 Å². The average Bonchev–Trinajstić information content (AvgIpc) is 2.97. The largest absolute Gasteiger partial charge is 0.389 e. The van der Waals surface area contributed by atoms with Gasteiger partial charge in [0, 0.05) is 43.6 Å². The number of aliphatic hydroxyl groups excluding tert-OH is 1. The number of hydrogen-bond donors (Lipinski definition) is 3. The molecule has 3 amide bonds. The van der Waals surface area contributed by atoms with Crippen molar-refractivity contribution in [2.45, 2.75) is 71.3 Å². The molecule has 0 spiro atoms. The maximum atomic E-state index is 13.7. The van der Waals surface area contributed by atoms with E-state index in [2.05, 4.69) is 10.6 Å². The van der Waals surface area contributed by atoms with Gasteiger partial charge in [0.05, 0.1) is 18.8 Å². The molecule has 0 aliphatic carbocycles. The van der Waals surface area contributed by atoms with Gasteiger partial charge in [0.15, 0.2) is 0 Å². The van der Waals surface area contributed by atoms with Gasteiger partial charge >= 0.3 is 0 Å². The van der Waals surface area contributed by atoms with Gasteiger partial charge in [-0.25, -0.2) is 0 Å². The zero-order valence-electron chi connectivity index (χ0n) is 26.0. The Hall–Kier alpha value is -2.88. The predicted molar refractivity (Wildman–Crippen MR) is 171 cm³/mol. The first-order chi connectivity index (χ1) is 20.1. The van der Waals surface area contributed by atoms with E-state index in [1.54, 1.807) is 25.3 Å². The van der Waals surface area contributed by atoms with Crippen LogP contribution in [-0.4, -0.2) is 84.2 Å². The van der Waals surface area contributed by atoms with Crippen molar-refractivity contribution >= 4 is 29.5 Å². The number of carbonyl (C=O) groups is 3. The van der Waals surface area contributed by atoms with Crippen LogP contribution in [0.1, 0.15) is 72.4 Å². The van der Waals surface area contributed by atoms with E-state index in [1.807, 2.05) is 69.9 Å². The van der Waals surface area contributed by atoms with Crippen LogP contribution in [0.15, 0.2) is 48.5 Å². The lowest BCUT2D eigenvalue weighted by Gasteiger charge is -2.30. The van der Waals surface area contributed by atoms with Crippen LogP contribution in [-0.2, 0) is 16.0 Å². The third kappa shape index (κ3) is 11.4. The summed E-state index contributed by atoms with van der Waals surface area (Å²) in [5.41, 5.74) is 2.51. The second-order valence-electron chi connectivity index (χ2n) is 11.1. The van der Waals surface area contributed by atoms with Crippen LogP contribution in [0.4, 0.5) is 0 Å². The molecule has 3 N–H and O–H groups in total. The monoisotopic (exact) mass is 599 g/mol. The molecule has 3 atom stereocenters. The maximum absolute atomic E-state index is 13.7. The van der Waals surface area contributed by atoms with Crippen molar-refractivity contribution in [3.05, 3.63) is 70.8 Å². The summed E-state index contributed by atoms with van der Waals surface area (Å²) in [6, 6.07) is 14.0. The number of rotatable bonds is 18. The zero-order chi connectivity index (χ0) is 31.1. The van der Waals surface area contributed by atoms with Crippen molar-refractivity contribution in [1.82, 2.24) is 15.5 Å². The van der Waals surface area contributed by atoms with E-state index in [4.69, 9.17) is 4.74 Å². The summed E-state index contributed by atoms with van der Waals surface area (Å²) >= 11 is 1.31. The minimum atomic E-state index is -1.18. The zero-order valence-corrected chi connectivity index (χ0v) is 26.8. The molecule has 2 aromatic carbocycles. The number of aryl methyl sites for hydroxylation is 1. The summed E-state index contributed by atoms with van der Waals surface area (Å²) in [4.78, 5) is 42.1. The van der Waals surface area contributed by atoms with Crippen molar-refractivity contribution in [3.63, 3.8) is 0 Å². The molecule has 0 saturated heterocycles. The third-order valence-electron chi connectivity index (χ3n) is 6.73. The number of ether oxygens (including phenoxy) is 1. The van der Waals surface area contributed by atoms with Gasteiger partial charge in [-0.15, -0.1) is 11.8 Å². The molecule has 0 unspecified atom stereocenters. The molecule has 2 aromatic rings. The van der Waals surface area contributed by atoms with Crippen molar-refractivity contribution < 1.29 is 24.2 Å². The number of hydrogen-bond acceptors (Lipinski definition) is 6. The summed E-state index contributed by atoms with van der Waals surface area (Å²) in [6.07, 6.45) is 0.834. The summed E-state index contributed by atoms with van der Waals surface area (Å²) < 4.78 is 5.18. The molecule has 9 heteroatoms. The first-order valence-electron chi connectivity index (χ1n) is 14.9.